The quantitative estimate of drug-likeness (QED) is 0.737. The van der Waals surface area contributed by atoms with Crippen LogP contribution in [0.2, 0.25) is 0 Å². The lowest BCUT2D eigenvalue weighted by atomic mass is 10.1. The fraction of sp³-hybridized carbons (Fsp3) is 0.429. The first-order valence-electron chi connectivity index (χ1n) is 6.47. The van der Waals surface area contributed by atoms with Crippen molar-refractivity contribution in [3.8, 4) is 0 Å². The number of aryl methyl sites for hydroxylation is 1. The zero-order chi connectivity index (χ0) is 15.1. The Morgan fingerprint density at radius 2 is 2.10 bits per heavy atom. The van der Waals surface area contributed by atoms with Crippen LogP contribution in [0.4, 0.5) is 5.69 Å². The van der Waals surface area contributed by atoms with E-state index in [1.54, 1.807) is 6.92 Å². The minimum absolute atomic E-state index is 0.125. The standard InChI is InChI=1S/C14H20BrN3O2/c1-9-7-11(15)3-4-12(9)18-13(19)5-6-17-14(20)10(2)8-16/h3-4,7,10H,5-6,8,16H2,1-2H3,(H,17,20)(H,18,19). The molecule has 110 valence electrons. The molecule has 6 heteroatoms. The van der Waals surface area contributed by atoms with Gasteiger partial charge in [-0.3, -0.25) is 9.59 Å². The molecule has 0 aliphatic heterocycles. The van der Waals surface area contributed by atoms with Crippen LogP contribution in [-0.2, 0) is 9.59 Å². The van der Waals surface area contributed by atoms with Crippen LogP contribution in [0.5, 0.6) is 0 Å². The smallest absolute Gasteiger partial charge is 0.226 e. The van der Waals surface area contributed by atoms with Crippen molar-refractivity contribution < 1.29 is 9.59 Å². The van der Waals surface area contributed by atoms with E-state index in [9.17, 15) is 9.59 Å². The fourth-order valence-electron chi connectivity index (χ4n) is 1.56. The summed E-state index contributed by atoms with van der Waals surface area (Å²) in [5.41, 5.74) is 7.15. The molecule has 0 aromatic heterocycles. The van der Waals surface area contributed by atoms with Gasteiger partial charge in [-0.25, -0.2) is 0 Å². The van der Waals surface area contributed by atoms with Crippen molar-refractivity contribution in [1.82, 2.24) is 5.32 Å². The summed E-state index contributed by atoms with van der Waals surface area (Å²) in [5, 5.41) is 5.51. The number of nitrogens with two attached hydrogens (primary N) is 1. The molecule has 1 unspecified atom stereocenters. The predicted molar refractivity (Wildman–Crippen MR) is 83.4 cm³/mol. The summed E-state index contributed by atoms with van der Waals surface area (Å²) >= 11 is 3.37. The topological polar surface area (TPSA) is 84.2 Å². The van der Waals surface area contributed by atoms with Gasteiger partial charge < -0.3 is 16.4 Å². The van der Waals surface area contributed by atoms with Gasteiger partial charge in [-0.05, 0) is 30.7 Å². The van der Waals surface area contributed by atoms with E-state index in [4.69, 9.17) is 5.73 Å². The van der Waals surface area contributed by atoms with Crippen molar-refractivity contribution in [2.45, 2.75) is 20.3 Å². The van der Waals surface area contributed by atoms with E-state index in [0.717, 1.165) is 15.7 Å². The molecular weight excluding hydrogens is 322 g/mol. The van der Waals surface area contributed by atoms with E-state index >= 15 is 0 Å². The lowest BCUT2D eigenvalue weighted by molar-refractivity contribution is -0.124. The highest BCUT2D eigenvalue weighted by Gasteiger charge is 2.11. The van der Waals surface area contributed by atoms with Gasteiger partial charge in [-0.2, -0.15) is 0 Å². The summed E-state index contributed by atoms with van der Waals surface area (Å²) in [6.07, 6.45) is 0.235. The van der Waals surface area contributed by atoms with Crippen LogP contribution >= 0.6 is 15.9 Å². The van der Waals surface area contributed by atoms with Crippen molar-refractivity contribution in [2.75, 3.05) is 18.4 Å². The number of anilines is 1. The van der Waals surface area contributed by atoms with Gasteiger partial charge in [0.05, 0.1) is 0 Å². The molecule has 0 heterocycles. The average Bonchev–Trinajstić information content (AvgIpc) is 2.41. The Labute approximate surface area is 127 Å². The molecule has 1 atom stereocenters. The van der Waals surface area contributed by atoms with E-state index in [1.165, 1.54) is 0 Å². The third kappa shape index (κ3) is 5.30. The minimum Gasteiger partial charge on any atom is -0.355 e. The van der Waals surface area contributed by atoms with E-state index in [1.807, 2.05) is 25.1 Å². The maximum atomic E-state index is 11.8. The number of carbonyl (C=O) groups is 2. The van der Waals surface area contributed by atoms with E-state index in [0.29, 0.717) is 13.1 Å². The first kappa shape index (κ1) is 16.7. The number of rotatable bonds is 6. The molecule has 1 rings (SSSR count). The summed E-state index contributed by atoms with van der Waals surface area (Å²) in [6, 6.07) is 5.64. The van der Waals surface area contributed by atoms with Gasteiger partial charge >= 0.3 is 0 Å². The van der Waals surface area contributed by atoms with Gasteiger partial charge in [-0.1, -0.05) is 22.9 Å². The van der Waals surface area contributed by atoms with Crippen molar-refractivity contribution in [2.24, 2.45) is 11.7 Å². The lowest BCUT2D eigenvalue weighted by Gasteiger charge is -2.11. The fourth-order valence-corrected chi connectivity index (χ4v) is 2.04. The third-order valence-corrected chi connectivity index (χ3v) is 3.41. The van der Waals surface area contributed by atoms with Gasteiger partial charge in [0, 0.05) is 35.6 Å². The van der Waals surface area contributed by atoms with Crippen LogP contribution in [0.1, 0.15) is 18.9 Å². The van der Waals surface area contributed by atoms with Crippen molar-refractivity contribution in [3.63, 3.8) is 0 Å². The molecule has 1 aromatic carbocycles. The highest BCUT2D eigenvalue weighted by molar-refractivity contribution is 9.10. The number of halogens is 1. The summed E-state index contributed by atoms with van der Waals surface area (Å²) in [7, 11) is 0. The van der Waals surface area contributed by atoms with Crippen LogP contribution in [0.3, 0.4) is 0 Å². The lowest BCUT2D eigenvalue weighted by Crippen LogP contribution is -2.35. The molecule has 0 bridgehead atoms. The Balaban J connectivity index is 2.39. The summed E-state index contributed by atoms with van der Waals surface area (Å²) < 4.78 is 0.969. The van der Waals surface area contributed by atoms with Gasteiger partial charge in [0.15, 0.2) is 0 Å². The number of amides is 2. The van der Waals surface area contributed by atoms with E-state index in [2.05, 4.69) is 26.6 Å². The normalized spacial score (nSPS) is 11.8. The molecular formula is C14H20BrN3O2. The predicted octanol–water partition coefficient (Wildman–Crippen LogP) is 1.80. The molecule has 1 aromatic rings. The zero-order valence-electron chi connectivity index (χ0n) is 11.7. The van der Waals surface area contributed by atoms with E-state index in [-0.39, 0.29) is 24.2 Å². The number of benzene rings is 1. The molecule has 0 aliphatic carbocycles. The summed E-state index contributed by atoms with van der Waals surface area (Å²) in [5.74, 6) is -0.483. The molecule has 4 N–H and O–H groups in total. The first-order chi connectivity index (χ1) is 9.43. The van der Waals surface area contributed by atoms with Crippen LogP contribution in [0.15, 0.2) is 22.7 Å². The van der Waals surface area contributed by atoms with Gasteiger partial charge in [0.1, 0.15) is 0 Å². The monoisotopic (exact) mass is 341 g/mol. The SMILES string of the molecule is Cc1cc(Br)ccc1NC(=O)CCNC(=O)C(C)CN. The summed E-state index contributed by atoms with van der Waals surface area (Å²) in [6.45, 7) is 4.28. The Bertz CT molecular complexity index is 491. The molecule has 0 saturated heterocycles. The van der Waals surface area contributed by atoms with Crippen LogP contribution in [-0.4, -0.2) is 24.9 Å². The highest BCUT2D eigenvalue weighted by Crippen LogP contribution is 2.19. The Morgan fingerprint density at radius 1 is 1.40 bits per heavy atom. The molecule has 0 aliphatic rings. The Kier molecular flexibility index (Phi) is 6.67. The number of nitrogens with one attached hydrogen (secondary N) is 2. The molecule has 0 radical (unpaired) electrons. The molecule has 0 saturated carbocycles. The largest absolute Gasteiger partial charge is 0.355 e. The second kappa shape index (κ2) is 8.01. The zero-order valence-corrected chi connectivity index (χ0v) is 13.3. The highest BCUT2D eigenvalue weighted by atomic mass is 79.9. The minimum atomic E-state index is -0.230. The maximum Gasteiger partial charge on any atom is 0.226 e. The average molecular weight is 342 g/mol. The van der Waals surface area contributed by atoms with Gasteiger partial charge in [-0.15, -0.1) is 0 Å². The Morgan fingerprint density at radius 3 is 2.70 bits per heavy atom. The molecule has 0 spiro atoms. The van der Waals surface area contributed by atoms with Gasteiger partial charge in [0.25, 0.3) is 0 Å². The number of hydrogen-bond donors (Lipinski definition) is 3. The van der Waals surface area contributed by atoms with Gasteiger partial charge in [0.2, 0.25) is 11.8 Å². The number of hydrogen-bond acceptors (Lipinski definition) is 3. The Hall–Kier alpha value is -1.40. The molecule has 5 nitrogen and oxygen atoms in total. The maximum absolute atomic E-state index is 11.8. The third-order valence-electron chi connectivity index (χ3n) is 2.91. The van der Waals surface area contributed by atoms with Crippen molar-refractivity contribution in [3.05, 3.63) is 28.2 Å². The van der Waals surface area contributed by atoms with E-state index < -0.39 is 0 Å². The van der Waals surface area contributed by atoms with Crippen molar-refractivity contribution in [1.29, 1.82) is 0 Å². The van der Waals surface area contributed by atoms with Crippen LogP contribution < -0.4 is 16.4 Å². The van der Waals surface area contributed by atoms with Crippen LogP contribution in [0.25, 0.3) is 0 Å². The van der Waals surface area contributed by atoms with Crippen LogP contribution in [0, 0.1) is 12.8 Å². The second-order valence-electron chi connectivity index (χ2n) is 4.69. The second-order valence-corrected chi connectivity index (χ2v) is 5.60. The number of carbonyl (C=O) groups excluding carboxylic acids is 2. The molecule has 20 heavy (non-hydrogen) atoms. The molecule has 2 amide bonds. The first-order valence-corrected chi connectivity index (χ1v) is 7.27. The molecule has 0 fully saturated rings. The van der Waals surface area contributed by atoms with Crippen molar-refractivity contribution >= 4 is 33.4 Å². The summed E-state index contributed by atoms with van der Waals surface area (Å²) in [4.78, 5) is 23.2.